The molecule has 0 saturated heterocycles. The summed E-state index contributed by atoms with van der Waals surface area (Å²) in [4.78, 5) is 25.0. The highest BCUT2D eigenvalue weighted by molar-refractivity contribution is 5.88. The van der Waals surface area contributed by atoms with Gasteiger partial charge in [-0.1, -0.05) is 29.8 Å². The lowest BCUT2D eigenvalue weighted by molar-refractivity contribution is -0.121. The number of fused-ring (bicyclic) bond motifs is 1. The number of hydrogen-bond acceptors (Lipinski definition) is 3. The maximum atomic E-state index is 12.8. The summed E-state index contributed by atoms with van der Waals surface area (Å²) in [5.41, 5.74) is 6.69. The first-order valence-electron chi connectivity index (χ1n) is 11.1. The Kier molecular flexibility index (Phi) is 5.99. The number of nitrogens with zero attached hydrogens (tertiary/aromatic N) is 4. The number of amides is 1. The summed E-state index contributed by atoms with van der Waals surface area (Å²) in [6.45, 7) is 9.88. The van der Waals surface area contributed by atoms with Crippen molar-refractivity contribution in [2.45, 2.75) is 47.3 Å². The van der Waals surface area contributed by atoms with E-state index in [-0.39, 0.29) is 18.1 Å². The maximum absolute atomic E-state index is 12.8. The molecule has 7 heteroatoms. The monoisotopic (exact) mass is 431 g/mol. The van der Waals surface area contributed by atoms with E-state index in [1.54, 1.807) is 13.8 Å². The Morgan fingerprint density at radius 3 is 2.41 bits per heavy atom. The van der Waals surface area contributed by atoms with Crippen LogP contribution in [0, 0.1) is 6.92 Å². The minimum Gasteiger partial charge on any atom is -0.355 e. The third-order valence-electron chi connectivity index (χ3n) is 5.70. The number of hydrogen-bond donors (Lipinski definition) is 1. The van der Waals surface area contributed by atoms with Crippen molar-refractivity contribution in [3.05, 3.63) is 64.7 Å². The lowest BCUT2D eigenvalue weighted by Gasteiger charge is -2.06. The molecule has 0 aliphatic heterocycles. The third-order valence-corrected chi connectivity index (χ3v) is 5.70. The van der Waals surface area contributed by atoms with Crippen LogP contribution in [0.3, 0.4) is 0 Å². The van der Waals surface area contributed by atoms with E-state index >= 15 is 0 Å². The van der Waals surface area contributed by atoms with Crippen LogP contribution in [0.15, 0.2) is 53.5 Å². The first kappa shape index (κ1) is 21.6. The molecule has 2 heterocycles. The summed E-state index contributed by atoms with van der Waals surface area (Å²) in [6.07, 6.45) is 1.92. The van der Waals surface area contributed by atoms with E-state index in [1.165, 1.54) is 0 Å². The van der Waals surface area contributed by atoms with Gasteiger partial charge in [0.05, 0.1) is 11.0 Å². The molecule has 0 spiro atoms. The summed E-state index contributed by atoms with van der Waals surface area (Å²) in [5.74, 6) is -0.0763. The van der Waals surface area contributed by atoms with Crippen molar-refractivity contribution in [2.24, 2.45) is 0 Å². The summed E-state index contributed by atoms with van der Waals surface area (Å²) in [6, 6.07) is 14.3. The number of carbonyl (C=O) groups excluding carboxylic acids is 1. The molecule has 0 fully saturated rings. The Hall–Kier alpha value is -3.61. The lowest BCUT2D eigenvalue weighted by atomic mass is 10.0. The van der Waals surface area contributed by atoms with E-state index < -0.39 is 0 Å². The van der Waals surface area contributed by atoms with Gasteiger partial charge in [-0.3, -0.25) is 18.6 Å². The van der Waals surface area contributed by atoms with Crippen molar-refractivity contribution in [3.63, 3.8) is 0 Å². The van der Waals surface area contributed by atoms with Crippen LogP contribution in [0.4, 0.5) is 0 Å². The van der Waals surface area contributed by atoms with Gasteiger partial charge in [0.1, 0.15) is 12.2 Å². The number of aryl methyl sites for hydroxylation is 3. The molecule has 4 rings (SSSR count). The fourth-order valence-electron chi connectivity index (χ4n) is 4.22. The highest BCUT2D eigenvalue weighted by Crippen LogP contribution is 2.33. The topological polar surface area (TPSA) is 73.8 Å². The minimum atomic E-state index is -0.0763. The summed E-state index contributed by atoms with van der Waals surface area (Å²) in [7, 11) is 0. The van der Waals surface area contributed by atoms with Crippen molar-refractivity contribution >= 4 is 16.9 Å². The molecule has 0 radical (unpaired) electrons. The molecule has 0 aliphatic carbocycles. The standard InChI is InChI=1S/C25H29N5O2/c1-5-26-23(31)16-28-15-20(24(27-28)19-10-8-9-17(4)13-19)18-11-12-21-22(14-18)30(7-3)25(32)29(21)6-2/h8-15H,5-7,16H2,1-4H3,(H,26,31). The molecule has 1 amide bonds. The molecule has 0 atom stereocenters. The van der Waals surface area contributed by atoms with E-state index in [4.69, 9.17) is 5.10 Å². The second kappa shape index (κ2) is 8.86. The van der Waals surface area contributed by atoms with Crippen molar-refractivity contribution in [1.29, 1.82) is 0 Å². The number of aromatic nitrogens is 4. The Morgan fingerprint density at radius 1 is 0.969 bits per heavy atom. The van der Waals surface area contributed by atoms with Crippen molar-refractivity contribution < 1.29 is 4.79 Å². The molecular formula is C25H29N5O2. The predicted molar refractivity (Wildman–Crippen MR) is 128 cm³/mol. The number of carbonyl (C=O) groups is 1. The molecule has 1 N–H and O–H groups in total. The first-order chi connectivity index (χ1) is 15.5. The Bertz CT molecular complexity index is 1340. The summed E-state index contributed by atoms with van der Waals surface area (Å²) in [5, 5.41) is 7.59. The molecule has 7 nitrogen and oxygen atoms in total. The second-order valence-electron chi connectivity index (χ2n) is 7.89. The van der Waals surface area contributed by atoms with Gasteiger partial charge in [-0.2, -0.15) is 5.10 Å². The molecule has 166 valence electrons. The quantitative estimate of drug-likeness (QED) is 0.483. The lowest BCUT2D eigenvalue weighted by Crippen LogP contribution is -2.27. The van der Waals surface area contributed by atoms with Gasteiger partial charge in [-0.25, -0.2) is 4.79 Å². The van der Waals surface area contributed by atoms with Gasteiger partial charge < -0.3 is 5.32 Å². The molecule has 32 heavy (non-hydrogen) atoms. The zero-order valence-corrected chi connectivity index (χ0v) is 19.1. The summed E-state index contributed by atoms with van der Waals surface area (Å²) >= 11 is 0. The zero-order valence-electron chi connectivity index (χ0n) is 19.1. The van der Waals surface area contributed by atoms with E-state index in [0.29, 0.717) is 19.6 Å². The Balaban J connectivity index is 1.89. The number of likely N-dealkylation sites (N-methyl/N-ethyl adjacent to an activating group) is 1. The molecule has 0 bridgehead atoms. The van der Waals surface area contributed by atoms with Crippen LogP contribution in [0.5, 0.6) is 0 Å². The minimum absolute atomic E-state index is 0.00740. The van der Waals surface area contributed by atoms with Crippen LogP contribution >= 0.6 is 0 Å². The molecular weight excluding hydrogens is 402 g/mol. The van der Waals surface area contributed by atoms with Gasteiger partial charge in [0.2, 0.25) is 5.91 Å². The SMILES string of the molecule is CCNC(=O)Cn1cc(-c2ccc3c(c2)n(CC)c(=O)n3CC)c(-c2cccc(C)c2)n1. The highest BCUT2D eigenvalue weighted by Gasteiger charge is 2.18. The smallest absolute Gasteiger partial charge is 0.329 e. The van der Waals surface area contributed by atoms with Crippen molar-refractivity contribution in [3.8, 4) is 22.4 Å². The molecule has 0 saturated carbocycles. The fourth-order valence-corrected chi connectivity index (χ4v) is 4.22. The number of rotatable bonds is 7. The van der Waals surface area contributed by atoms with E-state index in [0.717, 1.165) is 39.0 Å². The Labute approximate surface area is 187 Å². The van der Waals surface area contributed by atoms with Crippen LogP contribution in [0.25, 0.3) is 33.4 Å². The van der Waals surface area contributed by atoms with Gasteiger partial charge in [0.15, 0.2) is 0 Å². The molecule has 0 aliphatic rings. The van der Waals surface area contributed by atoms with Gasteiger partial charge in [0.25, 0.3) is 0 Å². The normalized spacial score (nSPS) is 11.2. The van der Waals surface area contributed by atoms with Crippen LogP contribution < -0.4 is 11.0 Å². The van der Waals surface area contributed by atoms with E-state index in [1.807, 2.05) is 64.2 Å². The van der Waals surface area contributed by atoms with Gasteiger partial charge in [-0.05, 0) is 51.5 Å². The Morgan fingerprint density at radius 2 is 1.72 bits per heavy atom. The molecule has 4 aromatic rings. The maximum Gasteiger partial charge on any atom is 0.329 e. The van der Waals surface area contributed by atoms with Crippen molar-refractivity contribution in [2.75, 3.05) is 6.54 Å². The largest absolute Gasteiger partial charge is 0.355 e. The highest BCUT2D eigenvalue weighted by atomic mass is 16.2. The third kappa shape index (κ3) is 3.86. The second-order valence-corrected chi connectivity index (χ2v) is 7.89. The van der Waals surface area contributed by atoms with Gasteiger partial charge in [-0.15, -0.1) is 0 Å². The predicted octanol–water partition coefficient (Wildman–Crippen LogP) is 3.82. The van der Waals surface area contributed by atoms with Crippen LogP contribution in [-0.4, -0.2) is 31.4 Å². The summed E-state index contributed by atoms with van der Waals surface area (Å²) < 4.78 is 5.28. The zero-order chi connectivity index (χ0) is 22.8. The first-order valence-corrected chi connectivity index (χ1v) is 11.1. The van der Waals surface area contributed by atoms with Crippen molar-refractivity contribution in [1.82, 2.24) is 24.2 Å². The van der Waals surface area contributed by atoms with Crippen LogP contribution in [-0.2, 0) is 24.4 Å². The van der Waals surface area contributed by atoms with E-state index in [9.17, 15) is 9.59 Å². The number of nitrogens with one attached hydrogen (secondary N) is 1. The molecule has 2 aromatic carbocycles. The van der Waals surface area contributed by atoms with Crippen LogP contribution in [0.2, 0.25) is 0 Å². The number of benzene rings is 2. The van der Waals surface area contributed by atoms with Gasteiger partial charge in [0, 0.05) is 37.0 Å². The van der Waals surface area contributed by atoms with E-state index in [2.05, 4.69) is 17.4 Å². The van der Waals surface area contributed by atoms with Gasteiger partial charge >= 0.3 is 5.69 Å². The molecule has 2 aromatic heterocycles. The fraction of sp³-hybridized carbons (Fsp3) is 0.320. The molecule has 0 unspecified atom stereocenters. The average Bonchev–Trinajstić information content (AvgIpc) is 3.31. The average molecular weight is 432 g/mol. The van der Waals surface area contributed by atoms with Crippen LogP contribution in [0.1, 0.15) is 26.3 Å². The number of imidazole rings is 1.